The van der Waals surface area contributed by atoms with Gasteiger partial charge in [-0.05, 0) is 73.4 Å². The van der Waals surface area contributed by atoms with Crippen LogP contribution in [-0.2, 0) is 26.2 Å². The van der Waals surface area contributed by atoms with E-state index in [1.165, 1.54) is 29.2 Å². The van der Waals surface area contributed by atoms with Gasteiger partial charge in [0.25, 0.3) is 10.0 Å². The van der Waals surface area contributed by atoms with E-state index >= 15 is 0 Å². The van der Waals surface area contributed by atoms with Crippen LogP contribution < -0.4 is 9.62 Å². The molecule has 220 valence electrons. The predicted molar refractivity (Wildman–Crippen MR) is 166 cm³/mol. The molecule has 3 aromatic rings. The summed E-state index contributed by atoms with van der Waals surface area (Å²) in [6.45, 7) is 5.57. The lowest BCUT2D eigenvalue weighted by atomic mass is 10.1. The molecule has 11 heteroatoms. The molecule has 1 atom stereocenters. The molecule has 0 bridgehead atoms. The molecule has 0 aliphatic heterocycles. The molecule has 2 amide bonds. The summed E-state index contributed by atoms with van der Waals surface area (Å²) >= 11 is 18.4. The Labute approximate surface area is 257 Å². The van der Waals surface area contributed by atoms with E-state index in [4.69, 9.17) is 34.8 Å². The lowest BCUT2D eigenvalue weighted by Gasteiger charge is -2.33. The minimum absolute atomic E-state index is 0.0154. The molecular weight excluding hydrogens is 605 g/mol. The summed E-state index contributed by atoms with van der Waals surface area (Å²) < 4.78 is 29.0. The van der Waals surface area contributed by atoms with Crippen LogP contribution in [-0.4, -0.2) is 44.3 Å². The fraction of sp³-hybridized carbons (Fsp3) is 0.333. The van der Waals surface area contributed by atoms with Crippen molar-refractivity contribution in [3.63, 3.8) is 0 Å². The smallest absolute Gasteiger partial charge is 0.264 e. The van der Waals surface area contributed by atoms with Gasteiger partial charge in [-0.3, -0.25) is 13.9 Å². The van der Waals surface area contributed by atoms with Gasteiger partial charge < -0.3 is 10.2 Å². The fourth-order valence-corrected chi connectivity index (χ4v) is 6.28. The number of hydrogen-bond donors (Lipinski definition) is 1. The molecular formula is C30H34Cl3N3O4S. The average Bonchev–Trinajstić information content (AvgIpc) is 2.94. The Bertz CT molecular complexity index is 1470. The van der Waals surface area contributed by atoms with Crippen molar-refractivity contribution in [2.24, 2.45) is 0 Å². The Hall–Kier alpha value is -2.78. The number of para-hydroxylation sites is 1. The first-order valence-electron chi connectivity index (χ1n) is 13.3. The molecule has 0 unspecified atom stereocenters. The standard InChI is InChI=1S/C30H34Cl3N3O4S/c1-4-6-17-34-30(38)27(5-2)35(19-22-11-16-25(32)26(33)18-22)29(37)20-36(28-10-8-7-9-21(28)3)41(39,40)24-14-12-23(31)13-15-24/h7-16,18,27H,4-6,17,19-20H2,1-3H3,(H,34,38)/t27-/m0/s1. The second kappa shape index (κ2) is 14.9. The van der Waals surface area contributed by atoms with E-state index in [1.807, 2.05) is 13.8 Å². The van der Waals surface area contributed by atoms with Crippen LogP contribution >= 0.6 is 34.8 Å². The number of carbonyl (C=O) groups is 2. The summed E-state index contributed by atoms with van der Waals surface area (Å²) in [4.78, 5) is 28.8. The number of amides is 2. The second-order valence-corrected chi connectivity index (χ2v) is 12.7. The third kappa shape index (κ3) is 8.38. The number of unbranched alkanes of at least 4 members (excludes halogenated alkanes) is 1. The monoisotopic (exact) mass is 637 g/mol. The molecule has 3 aromatic carbocycles. The Morgan fingerprint density at radius 1 is 0.927 bits per heavy atom. The summed E-state index contributed by atoms with van der Waals surface area (Å²) in [7, 11) is -4.19. The molecule has 0 saturated carbocycles. The Morgan fingerprint density at radius 2 is 1.61 bits per heavy atom. The SMILES string of the molecule is CCCCNC(=O)[C@H](CC)N(Cc1ccc(Cl)c(Cl)c1)C(=O)CN(c1ccccc1C)S(=O)(=O)c1ccc(Cl)cc1. The number of sulfonamides is 1. The van der Waals surface area contributed by atoms with Gasteiger partial charge in [0.15, 0.2) is 0 Å². The van der Waals surface area contributed by atoms with Crippen molar-refractivity contribution in [2.45, 2.75) is 57.5 Å². The highest BCUT2D eigenvalue weighted by Gasteiger charge is 2.34. The number of hydrogen-bond acceptors (Lipinski definition) is 4. The minimum Gasteiger partial charge on any atom is -0.354 e. The molecule has 0 aliphatic carbocycles. The molecule has 0 saturated heterocycles. The Morgan fingerprint density at radius 3 is 2.22 bits per heavy atom. The third-order valence-corrected chi connectivity index (χ3v) is 9.38. The number of carbonyl (C=O) groups excluding carboxylic acids is 2. The second-order valence-electron chi connectivity index (χ2n) is 9.59. The van der Waals surface area contributed by atoms with Gasteiger partial charge in [-0.15, -0.1) is 0 Å². The quantitative estimate of drug-likeness (QED) is 0.207. The van der Waals surface area contributed by atoms with Crippen molar-refractivity contribution < 1.29 is 18.0 Å². The van der Waals surface area contributed by atoms with Gasteiger partial charge in [0.05, 0.1) is 20.6 Å². The van der Waals surface area contributed by atoms with E-state index in [0.29, 0.717) is 44.8 Å². The molecule has 7 nitrogen and oxygen atoms in total. The van der Waals surface area contributed by atoms with Crippen molar-refractivity contribution in [3.05, 3.63) is 92.9 Å². The van der Waals surface area contributed by atoms with Gasteiger partial charge in [-0.2, -0.15) is 0 Å². The van der Waals surface area contributed by atoms with Gasteiger partial charge in [0, 0.05) is 18.1 Å². The summed E-state index contributed by atoms with van der Waals surface area (Å²) in [6, 6.07) is 16.8. The number of anilines is 1. The van der Waals surface area contributed by atoms with E-state index < -0.39 is 28.5 Å². The molecule has 3 rings (SSSR count). The Kier molecular flexibility index (Phi) is 11.9. The maximum atomic E-state index is 14.1. The highest BCUT2D eigenvalue weighted by molar-refractivity contribution is 7.92. The van der Waals surface area contributed by atoms with Crippen molar-refractivity contribution in [3.8, 4) is 0 Å². The van der Waals surface area contributed by atoms with Gasteiger partial charge in [-0.1, -0.05) is 79.3 Å². The highest BCUT2D eigenvalue weighted by Crippen LogP contribution is 2.29. The van der Waals surface area contributed by atoms with Crippen LogP contribution in [0.15, 0.2) is 71.6 Å². The first kappa shape index (κ1) is 32.7. The predicted octanol–water partition coefficient (Wildman–Crippen LogP) is 6.87. The van der Waals surface area contributed by atoms with Crippen LogP contribution in [0.2, 0.25) is 15.1 Å². The van der Waals surface area contributed by atoms with Crippen LogP contribution in [0.5, 0.6) is 0 Å². The van der Waals surface area contributed by atoms with Crippen molar-refractivity contribution in [1.29, 1.82) is 0 Å². The van der Waals surface area contributed by atoms with Crippen molar-refractivity contribution >= 4 is 62.3 Å². The molecule has 41 heavy (non-hydrogen) atoms. The summed E-state index contributed by atoms with van der Waals surface area (Å²) in [5.74, 6) is -0.855. The molecule has 0 radical (unpaired) electrons. The number of rotatable bonds is 13. The van der Waals surface area contributed by atoms with Crippen LogP contribution in [0.1, 0.15) is 44.2 Å². The number of nitrogens with one attached hydrogen (secondary N) is 1. The first-order valence-corrected chi connectivity index (χ1v) is 15.9. The van der Waals surface area contributed by atoms with E-state index in [-0.39, 0.29) is 17.3 Å². The topological polar surface area (TPSA) is 86.8 Å². The van der Waals surface area contributed by atoms with E-state index in [0.717, 1.165) is 17.1 Å². The minimum atomic E-state index is -4.19. The van der Waals surface area contributed by atoms with Crippen LogP contribution in [0.4, 0.5) is 5.69 Å². The van der Waals surface area contributed by atoms with Gasteiger partial charge >= 0.3 is 0 Å². The molecule has 1 N–H and O–H groups in total. The van der Waals surface area contributed by atoms with Gasteiger partial charge in [0.2, 0.25) is 11.8 Å². The van der Waals surface area contributed by atoms with Crippen LogP contribution in [0.25, 0.3) is 0 Å². The summed E-state index contributed by atoms with van der Waals surface area (Å²) in [5.41, 5.74) is 1.67. The van der Waals surface area contributed by atoms with Crippen molar-refractivity contribution in [1.82, 2.24) is 10.2 Å². The molecule has 0 heterocycles. The number of aryl methyl sites for hydroxylation is 1. The molecule has 0 fully saturated rings. The van der Waals surface area contributed by atoms with E-state index in [2.05, 4.69) is 5.32 Å². The number of nitrogens with zero attached hydrogens (tertiary/aromatic N) is 2. The molecule has 0 spiro atoms. The normalized spacial score (nSPS) is 12.0. The van der Waals surface area contributed by atoms with Crippen LogP contribution in [0, 0.1) is 6.92 Å². The lowest BCUT2D eigenvalue weighted by Crippen LogP contribution is -2.52. The number of benzene rings is 3. The average molecular weight is 639 g/mol. The lowest BCUT2D eigenvalue weighted by molar-refractivity contribution is -0.140. The van der Waals surface area contributed by atoms with E-state index in [1.54, 1.807) is 49.4 Å². The Balaban J connectivity index is 2.06. The zero-order valence-electron chi connectivity index (χ0n) is 23.2. The van der Waals surface area contributed by atoms with Gasteiger partial charge in [0.1, 0.15) is 12.6 Å². The summed E-state index contributed by atoms with van der Waals surface area (Å²) in [5, 5.41) is 3.96. The zero-order valence-corrected chi connectivity index (χ0v) is 26.3. The van der Waals surface area contributed by atoms with Crippen LogP contribution in [0.3, 0.4) is 0 Å². The summed E-state index contributed by atoms with van der Waals surface area (Å²) in [6.07, 6.45) is 2.01. The third-order valence-electron chi connectivity index (χ3n) is 6.62. The zero-order chi connectivity index (χ0) is 30.2. The highest BCUT2D eigenvalue weighted by atomic mass is 35.5. The fourth-order valence-electron chi connectivity index (χ4n) is 4.35. The van der Waals surface area contributed by atoms with Crippen molar-refractivity contribution in [2.75, 3.05) is 17.4 Å². The number of halogens is 3. The van der Waals surface area contributed by atoms with E-state index in [9.17, 15) is 18.0 Å². The molecule has 0 aliphatic rings. The maximum absolute atomic E-state index is 14.1. The van der Waals surface area contributed by atoms with Gasteiger partial charge in [-0.25, -0.2) is 8.42 Å². The maximum Gasteiger partial charge on any atom is 0.264 e. The largest absolute Gasteiger partial charge is 0.354 e. The first-order chi connectivity index (χ1) is 19.5. The molecule has 0 aromatic heterocycles.